The molecule has 3 nitrogen and oxygen atoms in total. The molecule has 0 saturated heterocycles. The molecule has 2 atom stereocenters. The number of nitrogens with zero attached hydrogens (tertiary/aromatic N) is 1. The van der Waals surface area contributed by atoms with Crippen molar-refractivity contribution in [1.82, 2.24) is 10.3 Å². The van der Waals surface area contributed by atoms with Crippen LogP contribution in [0.3, 0.4) is 0 Å². The van der Waals surface area contributed by atoms with Crippen molar-refractivity contribution in [1.29, 1.82) is 0 Å². The van der Waals surface area contributed by atoms with E-state index in [-0.39, 0.29) is 6.10 Å². The van der Waals surface area contributed by atoms with Gasteiger partial charge in [-0.15, -0.1) is 0 Å². The van der Waals surface area contributed by atoms with Gasteiger partial charge in [-0.3, -0.25) is 4.98 Å². The van der Waals surface area contributed by atoms with Gasteiger partial charge in [-0.1, -0.05) is 44.5 Å². The van der Waals surface area contributed by atoms with Gasteiger partial charge in [-0.2, -0.15) is 0 Å². The fraction of sp³-hybridized carbons (Fsp3) is 0.389. The molecule has 2 aromatic rings. The number of aliphatic hydroxyl groups excluding tert-OH is 1. The van der Waals surface area contributed by atoms with Gasteiger partial charge in [0, 0.05) is 24.8 Å². The minimum atomic E-state index is -0.283. The van der Waals surface area contributed by atoms with Crippen LogP contribution >= 0.6 is 0 Å². The van der Waals surface area contributed by atoms with E-state index in [1.54, 1.807) is 0 Å². The van der Waals surface area contributed by atoms with Crippen LogP contribution in [0.4, 0.5) is 0 Å². The zero-order valence-electron chi connectivity index (χ0n) is 12.8. The van der Waals surface area contributed by atoms with E-state index in [0.717, 1.165) is 24.2 Å². The summed E-state index contributed by atoms with van der Waals surface area (Å²) in [5.41, 5.74) is 3.31. The highest BCUT2D eigenvalue weighted by Gasteiger charge is 2.11. The van der Waals surface area contributed by atoms with Crippen LogP contribution in [0.25, 0.3) is 11.3 Å². The fourth-order valence-electron chi connectivity index (χ4n) is 2.21. The van der Waals surface area contributed by atoms with Crippen LogP contribution in [0.2, 0.25) is 0 Å². The molecular formula is C18H24N2O. The Bertz CT molecular complexity index is 542. The monoisotopic (exact) mass is 284 g/mol. The number of aromatic nitrogens is 1. The third kappa shape index (κ3) is 4.66. The Morgan fingerprint density at radius 2 is 2.05 bits per heavy atom. The Kier molecular flexibility index (Phi) is 5.90. The van der Waals surface area contributed by atoms with Gasteiger partial charge in [-0.05, 0) is 29.7 Å². The average molecular weight is 284 g/mol. The molecule has 1 aromatic heterocycles. The predicted octanol–water partition coefficient (Wildman–Crippen LogP) is 3.25. The van der Waals surface area contributed by atoms with E-state index in [9.17, 15) is 5.11 Å². The first-order valence-corrected chi connectivity index (χ1v) is 7.59. The summed E-state index contributed by atoms with van der Waals surface area (Å²) in [4.78, 5) is 4.37. The van der Waals surface area contributed by atoms with Gasteiger partial charge < -0.3 is 10.4 Å². The number of hydrogen-bond donors (Lipinski definition) is 2. The highest BCUT2D eigenvalue weighted by molar-refractivity contribution is 5.59. The largest absolute Gasteiger partial charge is 0.392 e. The highest BCUT2D eigenvalue weighted by atomic mass is 16.3. The Morgan fingerprint density at radius 3 is 2.76 bits per heavy atom. The molecule has 1 heterocycles. The third-order valence-electron chi connectivity index (χ3n) is 3.87. The Hall–Kier alpha value is -1.71. The molecule has 0 aliphatic carbocycles. The maximum absolute atomic E-state index is 9.96. The molecule has 21 heavy (non-hydrogen) atoms. The molecular weight excluding hydrogens is 260 g/mol. The van der Waals surface area contributed by atoms with Crippen molar-refractivity contribution in [3.8, 4) is 11.3 Å². The molecule has 0 amide bonds. The zero-order valence-corrected chi connectivity index (χ0v) is 12.8. The summed E-state index contributed by atoms with van der Waals surface area (Å²) in [6.07, 6.45) is 2.52. The Morgan fingerprint density at radius 1 is 1.19 bits per heavy atom. The van der Waals surface area contributed by atoms with Crippen LogP contribution in [0.15, 0.2) is 48.7 Å². The lowest BCUT2D eigenvalue weighted by Gasteiger charge is -2.17. The Balaban J connectivity index is 1.93. The minimum Gasteiger partial charge on any atom is -0.392 e. The van der Waals surface area contributed by atoms with E-state index >= 15 is 0 Å². The lowest BCUT2D eigenvalue weighted by molar-refractivity contribution is 0.113. The van der Waals surface area contributed by atoms with Crippen molar-refractivity contribution >= 4 is 0 Å². The number of rotatable bonds is 7. The SMILES string of the molecule is CCC(C)C(O)CNCc1cccc(-c2ccccn2)c1. The van der Waals surface area contributed by atoms with Crippen LogP contribution < -0.4 is 5.32 Å². The van der Waals surface area contributed by atoms with Crippen molar-refractivity contribution in [3.63, 3.8) is 0 Å². The first-order valence-electron chi connectivity index (χ1n) is 7.59. The lowest BCUT2D eigenvalue weighted by Crippen LogP contribution is -2.31. The fourth-order valence-corrected chi connectivity index (χ4v) is 2.21. The number of benzene rings is 1. The number of nitrogens with one attached hydrogen (secondary N) is 1. The summed E-state index contributed by atoms with van der Waals surface area (Å²) in [5, 5.41) is 13.3. The van der Waals surface area contributed by atoms with Gasteiger partial charge in [0.25, 0.3) is 0 Å². The van der Waals surface area contributed by atoms with Gasteiger partial charge in [-0.25, -0.2) is 0 Å². The van der Waals surface area contributed by atoms with E-state index in [4.69, 9.17) is 0 Å². The van der Waals surface area contributed by atoms with E-state index in [0.29, 0.717) is 12.5 Å². The van der Waals surface area contributed by atoms with Crippen molar-refractivity contribution in [2.45, 2.75) is 32.9 Å². The molecule has 0 fully saturated rings. The van der Waals surface area contributed by atoms with Crippen LogP contribution in [0.5, 0.6) is 0 Å². The van der Waals surface area contributed by atoms with Crippen molar-refractivity contribution < 1.29 is 5.11 Å². The molecule has 0 aliphatic heterocycles. The third-order valence-corrected chi connectivity index (χ3v) is 3.87. The van der Waals surface area contributed by atoms with Gasteiger partial charge in [0.15, 0.2) is 0 Å². The van der Waals surface area contributed by atoms with Gasteiger partial charge in [0.05, 0.1) is 11.8 Å². The van der Waals surface area contributed by atoms with Crippen LogP contribution in [-0.2, 0) is 6.54 Å². The summed E-state index contributed by atoms with van der Waals surface area (Å²) in [5.74, 6) is 0.331. The molecule has 3 heteroatoms. The Labute approximate surface area is 127 Å². The maximum atomic E-state index is 9.96. The molecule has 0 bridgehead atoms. The highest BCUT2D eigenvalue weighted by Crippen LogP contribution is 2.17. The molecule has 2 unspecified atom stereocenters. The average Bonchev–Trinajstić information content (AvgIpc) is 2.55. The summed E-state index contributed by atoms with van der Waals surface area (Å²) < 4.78 is 0. The second kappa shape index (κ2) is 7.91. The quantitative estimate of drug-likeness (QED) is 0.820. The number of pyridine rings is 1. The van der Waals surface area contributed by atoms with Crippen molar-refractivity contribution in [2.24, 2.45) is 5.92 Å². The summed E-state index contributed by atoms with van der Waals surface area (Å²) in [6.45, 7) is 5.56. The first-order chi connectivity index (χ1) is 10.2. The van der Waals surface area contributed by atoms with Gasteiger partial charge in [0.2, 0.25) is 0 Å². The molecule has 0 aliphatic rings. The second-order valence-corrected chi connectivity index (χ2v) is 5.50. The summed E-state index contributed by atoms with van der Waals surface area (Å²) >= 11 is 0. The number of aliphatic hydroxyl groups is 1. The van der Waals surface area contributed by atoms with E-state index in [2.05, 4.69) is 42.3 Å². The predicted molar refractivity (Wildman–Crippen MR) is 86.8 cm³/mol. The van der Waals surface area contributed by atoms with E-state index < -0.39 is 0 Å². The summed E-state index contributed by atoms with van der Waals surface area (Å²) in [7, 11) is 0. The molecule has 0 radical (unpaired) electrons. The molecule has 0 spiro atoms. The molecule has 0 saturated carbocycles. The zero-order chi connectivity index (χ0) is 15.1. The minimum absolute atomic E-state index is 0.283. The van der Waals surface area contributed by atoms with Crippen LogP contribution in [-0.4, -0.2) is 22.7 Å². The maximum Gasteiger partial charge on any atom is 0.0702 e. The van der Waals surface area contributed by atoms with Crippen LogP contribution in [0, 0.1) is 5.92 Å². The van der Waals surface area contributed by atoms with Gasteiger partial charge in [0.1, 0.15) is 0 Å². The van der Waals surface area contributed by atoms with E-state index in [1.807, 2.05) is 30.5 Å². The lowest BCUT2D eigenvalue weighted by atomic mass is 10.0. The molecule has 1 aromatic carbocycles. The molecule has 2 rings (SSSR count). The summed E-state index contributed by atoms with van der Waals surface area (Å²) in [6, 6.07) is 14.3. The normalized spacial score (nSPS) is 13.9. The standard InChI is InChI=1S/C18H24N2O/c1-3-14(2)18(21)13-19-12-15-7-6-8-16(11-15)17-9-4-5-10-20-17/h4-11,14,18-19,21H,3,12-13H2,1-2H3. The van der Waals surface area contributed by atoms with Crippen LogP contribution in [0.1, 0.15) is 25.8 Å². The number of hydrogen-bond acceptors (Lipinski definition) is 3. The first kappa shape index (κ1) is 15.7. The van der Waals surface area contributed by atoms with Crippen molar-refractivity contribution in [2.75, 3.05) is 6.54 Å². The molecule has 112 valence electrons. The van der Waals surface area contributed by atoms with Crippen molar-refractivity contribution in [3.05, 3.63) is 54.2 Å². The smallest absolute Gasteiger partial charge is 0.0702 e. The molecule has 2 N–H and O–H groups in total. The topological polar surface area (TPSA) is 45.1 Å². The van der Waals surface area contributed by atoms with E-state index in [1.165, 1.54) is 5.56 Å². The second-order valence-electron chi connectivity index (χ2n) is 5.50. The van der Waals surface area contributed by atoms with Gasteiger partial charge >= 0.3 is 0 Å².